The fourth-order valence-electron chi connectivity index (χ4n) is 3.66. The van der Waals surface area contributed by atoms with Gasteiger partial charge in [-0.15, -0.1) is 0 Å². The van der Waals surface area contributed by atoms with Gasteiger partial charge in [0.05, 0.1) is 6.61 Å². The molecule has 3 fully saturated rings. The van der Waals surface area contributed by atoms with Gasteiger partial charge in [-0.25, -0.2) is 0 Å². The summed E-state index contributed by atoms with van der Waals surface area (Å²) >= 11 is 0. The van der Waals surface area contributed by atoms with Crippen LogP contribution in [0.25, 0.3) is 6.08 Å². The van der Waals surface area contributed by atoms with Crippen LogP contribution < -0.4 is 0 Å². The molecule has 5 nitrogen and oxygen atoms in total. The SMILES string of the molecule is CC1(C)O[C@H]2[C@@H]([C@H]3COC(C)(C)O3)O/C(=C\C=C\c3ccccc3)[C@H]2O1. The Balaban J connectivity index is 1.54. The molecule has 0 bridgehead atoms. The summed E-state index contributed by atoms with van der Waals surface area (Å²) in [5.41, 5.74) is 1.13. The Bertz CT molecular complexity index is 706. The molecule has 1 aromatic carbocycles. The molecule has 0 aliphatic carbocycles. The highest BCUT2D eigenvalue weighted by Crippen LogP contribution is 2.43. The van der Waals surface area contributed by atoms with Crippen LogP contribution in [0.15, 0.2) is 48.2 Å². The van der Waals surface area contributed by atoms with E-state index >= 15 is 0 Å². The summed E-state index contributed by atoms with van der Waals surface area (Å²) in [6.45, 7) is 8.16. The molecule has 4 rings (SSSR count). The fourth-order valence-corrected chi connectivity index (χ4v) is 3.66. The molecule has 1 aromatic rings. The molecule has 3 heterocycles. The van der Waals surface area contributed by atoms with Gasteiger partial charge in [0, 0.05) is 0 Å². The zero-order chi connectivity index (χ0) is 18.4. The Morgan fingerprint density at radius 1 is 0.923 bits per heavy atom. The number of benzene rings is 1. The fraction of sp³-hybridized carbons (Fsp3) is 0.524. The number of hydrogen-bond donors (Lipinski definition) is 0. The predicted octanol–water partition coefficient (Wildman–Crippen LogP) is 3.65. The number of allylic oxidation sites excluding steroid dienone is 2. The second-order valence-electron chi connectivity index (χ2n) is 7.81. The quantitative estimate of drug-likeness (QED) is 0.825. The molecule has 140 valence electrons. The van der Waals surface area contributed by atoms with Crippen molar-refractivity contribution in [2.75, 3.05) is 6.61 Å². The smallest absolute Gasteiger partial charge is 0.164 e. The monoisotopic (exact) mass is 358 g/mol. The van der Waals surface area contributed by atoms with Gasteiger partial charge in [0.25, 0.3) is 0 Å². The molecular weight excluding hydrogens is 332 g/mol. The Kier molecular flexibility index (Phi) is 4.43. The molecular formula is C21H26O5. The maximum Gasteiger partial charge on any atom is 0.164 e. The average molecular weight is 358 g/mol. The maximum atomic E-state index is 6.19. The van der Waals surface area contributed by atoms with Gasteiger partial charge in [-0.2, -0.15) is 0 Å². The van der Waals surface area contributed by atoms with Crippen molar-refractivity contribution in [1.82, 2.24) is 0 Å². The third kappa shape index (κ3) is 3.58. The van der Waals surface area contributed by atoms with Gasteiger partial charge >= 0.3 is 0 Å². The zero-order valence-electron chi connectivity index (χ0n) is 15.7. The predicted molar refractivity (Wildman–Crippen MR) is 97.2 cm³/mol. The molecule has 3 aliphatic rings. The van der Waals surface area contributed by atoms with Crippen LogP contribution in [-0.2, 0) is 23.7 Å². The number of fused-ring (bicyclic) bond motifs is 1. The molecule has 3 aliphatic heterocycles. The highest BCUT2D eigenvalue weighted by molar-refractivity contribution is 5.51. The first-order valence-electron chi connectivity index (χ1n) is 9.10. The van der Waals surface area contributed by atoms with Gasteiger partial charge in [-0.1, -0.05) is 42.5 Å². The molecule has 4 atom stereocenters. The highest BCUT2D eigenvalue weighted by Gasteiger charge is 2.57. The third-order valence-corrected chi connectivity index (χ3v) is 4.75. The van der Waals surface area contributed by atoms with Gasteiger partial charge in [0.15, 0.2) is 17.7 Å². The summed E-state index contributed by atoms with van der Waals surface area (Å²) in [6.07, 6.45) is 5.11. The van der Waals surface area contributed by atoms with Gasteiger partial charge in [-0.3, -0.25) is 0 Å². The molecule has 5 heteroatoms. The first-order chi connectivity index (χ1) is 12.3. The van der Waals surface area contributed by atoms with E-state index in [0.29, 0.717) is 6.61 Å². The molecule has 0 aromatic heterocycles. The minimum Gasteiger partial charge on any atom is -0.486 e. The molecule has 0 unspecified atom stereocenters. The normalized spacial score (nSPS) is 36.5. The minimum absolute atomic E-state index is 0.181. The summed E-state index contributed by atoms with van der Waals surface area (Å²) in [6, 6.07) is 10.1. The Hall–Kier alpha value is -1.66. The van der Waals surface area contributed by atoms with E-state index in [4.69, 9.17) is 23.7 Å². The summed E-state index contributed by atoms with van der Waals surface area (Å²) in [4.78, 5) is 0. The largest absolute Gasteiger partial charge is 0.486 e. The van der Waals surface area contributed by atoms with E-state index in [1.54, 1.807) is 0 Å². The Morgan fingerprint density at radius 2 is 1.69 bits per heavy atom. The van der Waals surface area contributed by atoms with Crippen molar-refractivity contribution in [3.63, 3.8) is 0 Å². The summed E-state index contributed by atoms with van der Waals surface area (Å²) in [5.74, 6) is -0.474. The van der Waals surface area contributed by atoms with Crippen molar-refractivity contribution < 1.29 is 23.7 Å². The van der Waals surface area contributed by atoms with Crippen LogP contribution in [0, 0.1) is 0 Å². The van der Waals surface area contributed by atoms with E-state index in [1.807, 2.05) is 64.1 Å². The second kappa shape index (κ2) is 6.50. The summed E-state index contributed by atoms with van der Waals surface area (Å²) < 4.78 is 30.1. The van der Waals surface area contributed by atoms with Crippen molar-refractivity contribution in [1.29, 1.82) is 0 Å². The molecule has 0 amide bonds. The molecule has 0 N–H and O–H groups in total. The number of ether oxygens (including phenoxy) is 5. The van der Waals surface area contributed by atoms with Gasteiger partial charge in [0.2, 0.25) is 0 Å². The number of hydrogen-bond acceptors (Lipinski definition) is 5. The second-order valence-corrected chi connectivity index (χ2v) is 7.81. The van der Waals surface area contributed by atoms with Gasteiger partial charge in [0.1, 0.15) is 24.1 Å². The van der Waals surface area contributed by atoms with Gasteiger partial charge in [-0.05, 0) is 39.3 Å². The molecule has 3 saturated heterocycles. The van der Waals surface area contributed by atoms with Crippen LogP contribution >= 0.6 is 0 Å². The standard InChI is InChI=1S/C21H26O5/c1-20(2)22-13-16(24-20)17-19-18(25-21(3,4)26-19)15(23-17)12-8-11-14-9-6-5-7-10-14/h5-12,16-19H,13H2,1-4H3/b11-8+,15-12-/t16-,17-,18-,19+/m1/s1. The van der Waals surface area contributed by atoms with E-state index in [9.17, 15) is 0 Å². The lowest BCUT2D eigenvalue weighted by molar-refractivity contribution is -0.187. The van der Waals surface area contributed by atoms with Crippen LogP contribution in [0.5, 0.6) is 0 Å². The Labute approximate surface area is 154 Å². The third-order valence-electron chi connectivity index (χ3n) is 4.75. The highest BCUT2D eigenvalue weighted by atomic mass is 16.8. The van der Waals surface area contributed by atoms with Crippen LogP contribution in [0.4, 0.5) is 0 Å². The molecule has 0 spiro atoms. The molecule has 26 heavy (non-hydrogen) atoms. The van der Waals surface area contributed by atoms with E-state index in [1.165, 1.54) is 0 Å². The van der Waals surface area contributed by atoms with Crippen LogP contribution in [0.1, 0.15) is 33.3 Å². The van der Waals surface area contributed by atoms with Crippen molar-refractivity contribution in [3.8, 4) is 0 Å². The maximum absolute atomic E-state index is 6.19. The average Bonchev–Trinajstić information content (AvgIpc) is 3.19. The lowest BCUT2D eigenvalue weighted by Gasteiger charge is -2.26. The van der Waals surface area contributed by atoms with E-state index in [-0.39, 0.29) is 24.4 Å². The lowest BCUT2D eigenvalue weighted by Crippen LogP contribution is -2.40. The van der Waals surface area contributed by atoms with Crippen molar-refractivity contribution >= 4 is 6.08 Å². The Morgan fingerprint density at radius 3 is 2.38 bits per heavy atom. The lowest BCUT2D eigenvalue weighted by atomic mass is 10.1. The number of rotatable bonds is 3. The van der Waals surface area contributed by atoms with Crippen LogP contribution in [0.2, 0.25) is 0 Å². The summed E-state index contributed by atoms with van der Waals surface area (Å²) in [5, 5.41) is 0. The van der Waals surface area contributed by atoms with Crippen molar-refractivity contribution in [3.05, 3.63) is 53.8 Å². The van der Waals surface area contributed by atoms with E-state index in [0.717, 1.165) is 11.3 Å². The first kappa shape index (κ1) is 17.7. The van der Waals surface area contributed by atoms with Crippen LogP contribution in [0.3, 0.4) is 0 Å². The van der Waals surface area contributed by atoms with Crippen LogP contribution in [-0.4, -0.2) is 42.6 Å². The first-order valence-corrected chi connectivity index (χ1v) is 9.10. The zero-order valence-corrected chi connectivity index (χ0v) is 15.7. The molecule has 0 radical (unpaired) electrons. The van der Waals surface area contributed by atoms with E-state index < -0.39 is 11.6 Å². The van der Waals surface area contributed by atoms with E-state index in [2.05, 4.69) is 12.1 Å². The molecule has 0 saturated carbocycles. The van der Waals surface area contributed by atoms with Gasteiger partial charge < -0.3 is 23.7 Å². The van der Waals surface area contributed by atoms with Crippen molar-refractivity contribution in [2.24, 2.45) is 0 Å². The van der Waals surface area contributed by atoms with Crippen molar-refractivity contribution in [2.45, 2.75) is 63.7 Å². The topological polar surface area (TPSA) is 46.2 Å². The minimum atomic E-state index is -0.644. The summed E-state index contributed by atoms with van der Waals surface area (Å²) in [7, 11) is 0.